The third-order valence-corrected chi connectivity index (χ3v) is 2.42. The van der Waals surface area contributed by atoms with Crippen molar-refractivity contribution in [3.8, 4) is 0 Å². The van der Waals surface area contributed by atoms with Crippen molar-refractivity contribution in [1.82, 2.24) is 5.32 Å². The molecule has 54 valence electrons. The molecule has 1 nitrogen and oxygen atoms in total. The molecule has 0 spiro atoms. The maximum Gasteiger partial charge on any atom is 0.0205 e. The van der Waals surface area contributed by atoms with Crippen molar-refractivity contribution in [2.45, 2.75) is 39.2 Å². The standard InChI is InChI=1S/C8H17N/c1-4-9-8(5-6-8)7(2)3/h7,9H,4-6H2,1-3H3. The third kappa shape index (κ3) is 1.26. The van der Waals surface area contributed by atoms with Gasteiger partial charge in [0, 0.05) is 5.54 Å². The largest absolute Gasteiger partial charge is 0.311 e. The van der Waals surface area contributed by atoms with Gasteiger partial charge in [0.25, 0.3) is 0 Å². The zero-order valence-electron chi connectivity index (χ0n) is 6.70. The molecule has 1 aliphatic rings. The minimum Gasteiger partial charge on any atom is -0.311 e. The van der Waals surface area contributed by atoms with Crippen LogP contribution in [0, 0.1) is 5.92 Å². The molecule has 0 saturated heterocycles. The highest BCUT2D eigenvalue weighted by Crippen LogP contribution is 2.41. The fourth-order valence-electron chi connectivity index (χ4n) is 1.44. The predicted molar refractivity (Wildman–Crippen MR) is 40.5 cm³/mol. The van der Waals surface area contributed by atoms with E-state index >= 15 is 0 Å². The van der Waals surface area contributed by atoms with Crippen LogP contribution in [0.1, 0.15) is 33.6 Å². The van der Waals surface area contributed by atoms with Gasteiger partial charge in [0.15, 0.2) is 0 Å². The monoisotopic (exact) mass is 127 g/mol. The summed E-state index contributed by atoms with van der Waals surface area (Å²) >= 11 is 0. The molecule has 0 aromatic rings. The molecule has 1 saturated carbocycles. The fraction of sp³-hybridized carbons (Fsp3) is 1.00. The Morgan fingerprint density at radius 3 is 2.11 bits per heavy atom. The van der Waals surface area contributed by atoms with E-state index in [1.165, 1.54) is 12.8 Å². The zero-order valence-corrected chi connectivity index (χ0v) is 6.70. The fourth-order valence-corrected chi connectivity index (χ4v) is 1.44. The molecule has 0 radical (unpaired) electrons. The summed E-state index contributed by atoms with van der Waals surface area (Å²) in [4.78, 5) is 0. The molecule has 0 amide bonds. The summed E-state index contributed by atoms with van der Waals surface area (Å²) in [5.74, 6) is 0.817. The summed E-state index contributed by atoms with van der Waals surface area (Å²) in [6.45, 7) is 7.91. The van der Waals surface area contributed by atoms with Gasteiger partial charge in [-0.15, -0.1) is 0 Å². The first-order valence-electron chi connectivity index (χ1n) is 3.96. The van der Waals surface area contributed by atoms with E-state index in [2.05, 4.69) is 26.1 Å². The number of nitrogens with one attached hydrogen (secondary N) is 1. The molecule has 0 aromatic heterocycles. The van der Waals surface area contributed by atoms with Crippen LogP contribution in [0.15, 0.2) is 0 Å². The van der Waals surface area contributed by atoms with Crippen molar-refractivity contribution in [2.75, 3.05) is 6.54 Å². The molecular formula is C8H17N. The highest BCUT2D eigenvalue weighted by Gasteiger charge is 2.44. The molecule has 0 aromatic carbocycles. The summed E-state index contributed by atoms with van der Waals surface area (Å²) in [6.07, 6.45) is 2.77. The van der Waals surface area contributed by atoms with Crippen LogP contribution in [-0.4, -0.2) is 12.1 Å². The Morgan fingerprint density at radius 2 is 2.00 bits per heavy atom. The van der Waals surface area contributed by atoms with Gasteiger partial charge in [-0.05, 0) is 25.3 Å². The molecular weight excluding hydrogens is 110 g/mol. The van der Waals surface area contributed by atoms with E-state index in [-0.39, 0.29) is 0 Å². The molecule has 1 fully saturated rings. The molecule has 0 atom stereocenters. The van der Waals surface area contributed by atoms with E-state index in [9.17, 15) is 0 Å². The Labute approximate surface area is 57.8 Å². The lowest BCUT2D eigenvalue weighted by atomic mass is 10.0. The Kier molecular flexibility index (Phi) is 1.80. The number of hydrogen-bond acceptors (Lipinski definition) is 1. The average molecular weight is 127 g/mol. The molecule has 1 N–H and O–H groups in total. The first kappa shape index (κ1) is 7.07. The van der Waals surface area contributed by atoms with E-state index in [0.717, 1.165) is 12.5 Å². The van der Waals surface area contributed by atoms with Gasteiger partial charge < -0.3 is 5.32 Å². The van der Waals surface area contributed by atoms with Gasteiger partial charge in [0.05, 0.1) is 0 Å². The third-order valence-electron chi connectivity index (χ3n) is 2.42. The predicted octanol–water partition coefficient (Wildman–Crippen LogP) is 1.78. The highest BCUT2D eigenvalue weighted by atomic mass is 15.0. The van der Waals surface area contributed by atoms with Crippen LogP contribution in [0.25, 0.3) is 0 Å². The zero-order chi connectivity index (χ0) is 6.91. The number of rotatable bonds is 3. The van der Waals surface area contributed by atoms with Crippen LogP contribution < -0.4 is 5.32 Å². The van der Waals surface area contributed by atoms with Crippen molar-refractivity contribution < 1.29 is 0 Å². The summed E-state index contributed by atoms with van der Waals surface area (Å²) < 4.78 is 0. The van der Waals surface area contributed by atoms with Crippen molar-refractivity contribution in [3.63, 3.8) is 0 Å². The summed E-state index contributed by atoms with van der Waals surface area (Å²) in [5.41, 5.74) is 0.550. The second-order valence-corrected chi connectivity index (χ2v) is 3.34. The molecule has 1 aliphatic carbocycles. The van der Waals surface area contributed by atoms with Crippen LogP contribution in [0.5, 0.6) is 0 Å². The Morgan fingerprint density at radius 1 is 1.44 bits per heavy atom. The van der Waals surface area contributed by atoms with Crippen molar-refractivity contribution >= 4 is 0 Å². The molecule has 1 heteroatoms. The van der Waals surface area contributed by atoms with Crippen molar-refractivity contribution in [2.24, 2.45) is 5.92 Å². The first-order valence-corrected chi connectivity index (χ1v) is 3.96. The average Bonchev–Trinajstić information content (AvgIpc) is 2.49. The highest BCUT2D eigenvalue weighted by molar-refractivity contribution is 5.03. The molecule has 0 heterocycles. The van der Waals surface area contributed by atoms with Gasteiger partial charge in [-0.1, -0.05) is 20.8 Å². The molecule has 9 heavy (non-hydrogen) atoms. The van der Waals surface area contributed by atoms with Crippen LogP contribution in [0.4, 0.5) is 0 Å². The van der Waals surface area contributed by atoms with E-state index in [4.69, 9.17) is 0 Å². The number of hydrogen-bond donors (Lipinski definition) is 1. The lowest BCUT2D eigenvalue weighted by molar-refractivity contribution is 0.388. The molecule has 0 unspecified atom stereocenters. The maximum atomic E-state index is 3.53. The lowest BCUT2D eigenvalue weighted by Crippen LogP contribution is -2.35. The quantitative estimate of drug-likeness (QED) is 0.609. The molecule has 0 bridgehead atoms. The van der Waals surface area contributed by atoms with E-state index < -0.39 is 0 Å². The van der Waals surface area contributed by atoms with Gasteiger partial charge in [-0.3, -0.25) is 0 Å². The van der Waals surface area contributed by atoms with Crippen molar-refractivity contribution in [1.29, 1.82) is 0 Å². The summed E-state index contributed by atoms with van der Waals surface area (Å²) in [5, 5.41) is 3.53. The normalized spacial score (nSPS) is 22.7. The first-order chi connectivity index (χ1) is 4.21. The maximum absolute atomic E-state index is 3.53. The van der Waals surface area contributed by atoms with Gasteiger partial charge in [0.2, 0.25) is 0 Å². The van der Waals surface area contributed by atoms with E-state index in [1.54, 1.807) is 0 Å². The van der Waals surface area contributed by atoms with E-state index in [1.807, 2.05) is 0 Å². The van der Waals surface area contributed by atoms with Gasteiger partial charge in [0.1, 0.15) is 0 Å². The topological polar surface area (TPSA) is 12.0 Å². The van der Waals surface area contributed by atoms with Gasteiger partial charge >= 0.3 is 0 Å². The Bertz CT molecular complexity index is 92.7. The Balaban J connectivity index is 2.33. The summed E-state index contributed by atoms with van der Waals surface area (Å²) in [7, 11) is 0. The van der Waals surface area contributed by atoms with Crippen LogP contribution >= 0.6 is 0 Å². The van der Waals surface area contributed by atoms with Gasteiger partial charge in [-0.2, -0.15) is 0 Å². The van der Waals surface area contributed by atoms with E-state index in [0.29, 0.717) is 5.54 Å². The van der Waals surface area contributed by atoms with Gasteiger partial charge in [-0.25, -0.2) is 0 Å². The Hall–Kier alpha value is -0.0400. The lowest BCUT2D eigenvalue weighted by Gasteiger charge is -2.19. The second-order valence-electron chi connectivity index (χ2n) is 3.34. The molecule has 1 rings (SSSR count). The minimum atomic E-state index is 0.550. The molecule has 0 aliphatic heterocycles. The smallest absolute Gasteiger partial charge is 0.0205 e. The van der Waals surface area contributed by atoms with Crippen LogP contribution in [0.3, 0.4) is 0 Å². The van der Waals surface area contributed by atoms with Crippen molar-refractivity contribution in [3.05, 3.63) is 0 Å². The summed E-state index contributed by atoms with van der Waals surface area (Å²) in [6, 6.07) is 0. The SMILES string of the molecule is CCNC1(C(C)C)CC1. The van der Waals surface area contributed by atoms with Crippen LogP contribution in [0.2, 0.25) is 0 Å². The minimum absolute atomic E-state index is 0.550. The second kappa shape index (κ2) is 2.30. The van der Waals surface area contributed by atoms with Crippen LogP contribution in [-0.2, 0) is 0 Å².